The van der Waals surface area contributed by atoms with Crippen LogP contribution in [0.5, 0.6) is 0 Å². The summed E-state index contributed by atoms with van der Waals surface area (Å²) in [6.45, 7) is 6.34. The van der Waals surface area contributed by atoms with Crippen LogP contribution in [0.25, 0.3) is 0 Å². The second-order valence-corrected chi connectivity index (χ2v) is 5.60. The summed E-state index contributed by atoms with van der Waals surface area (Å²) in [5.41, 5.74) is 0. The standard InChI is InChI=1S/C11H20OS/c1-8(2)9(3)11(12)10-6-4-5-7-13-10/h8-10H,4-7H2,1-3H3. The molecule has 1 saturated heterocycles. The summed E-state index contributed by atoms with van der Waals surface area (Å²) in [4.78, 5) is 11.9. The molecule has 0 radical (unpaired) electrons. The molecular formula is C11H20OS. The first kappa shape index (κ1) is 11.1. The molecule has 2 heteroatoms. The summed E-state index contributed by atoms with van der Waals surface area (Å²) >= 11 is 1.87. The average Bonchev–Trinajstić information content (AvgIpc) is 2.17. The van der Waals surface area contributed by atoms with Crippen LogP contribution in [0.15, 0.2) is 0 Å². The Morgan fingerprint density at radius 1 is 1.31 bits per heavy atom. The molecule has 2 unspecified atom stereocenters. The maximum Gasteiger partial charge on any atom is 0.148 e. The fraction of sp³-hybridized carbons (Fsp3) is 0.909. The van der Waals surface area contributed by atoms with Crippen molar-refractivity contribution in [1.29, 1.82) is 0 Å². The van der Waals surface area contributed by atoms with Crippen molar-refractivity contribution < 1.29 is 4.79 Å². The third-order valence-electron chi connectivity index (χ3n) is 2.95. The van der Waals surface area contributed by atoms with Crippen molar-refractivity contribution in [3.63, 3.8) is 0 Å². The lowest BCUT2D eigenvalue weighted by molar-refractivity contribution is -0.123. The Hall–Kier alpha value is 0.0200. The highest BCUT2D eigenvalue weighted by molar-refractivity contribution is 8.00. The molecule has 1 rings (SSSR count). The number of thioether (sulfide) groups is 1. The lowest BCUT2D eigenvalue weighted by Gasteiger charge is -2.24. The number of carbonyl (C=O) groups is 1. The first-order chi connectivity index (χ1) is 6.13. The van der Waals surface area contributed by atoms with Crippen LogP contribution in [0.1, 0.15) is 40.0 Å². The van der Waals surface area contributed by atoms with Gasteiger partial charge in [0.25, 0.3) is 0 Å². The minimum absolute atomic E-state index is 0.246. The third kappa shape index (κ3) is 3.01. The van der Waals surface area contributed by atoms with Crippen molar-refractivity contribution in [1.82, 2.24) is 0 Å². The van der Waals surface area contributed by atoms with Crippen LogP contribution in [0.4, 0.5) is 0 Å². The fourth-order valence-corrected chi connectivity index (χ4v) is 2.95. The number of hydrogen-bond donors (Lipinski definition) is 0. The highest BCUT2D eigenvalue weighted by Crippen LogP contribution is 2.29. The van der Waals surface area contributed by atoms with Crippen LogP contribution in [0, 0.1) is 11.8 Å². The third-order valence-corrected chi connectivity index (χ3v) is 4.34. The van der Waals surface area contributed by atoms with E-state index in [0.29, 0.717) is 17.0 Å². The summed E-state index contributed by atoms with van der Waals surface area (Å²) in [5.74, 6) is 2.41. The molecule has 0 spiro atoms. The highest BCUT2D eigenvalue weighted by Gasteiger charge is 2.27. The van der Waals surface area contributed by atoms with Gasteiger partial charge in [0.1, 0.15) is 5.78 Å². The summed E-state index contributed by atoms with van der Waals surface area (Å²) in [5, 5.41) is 0.311. The smallest absolute Gasteiger partial charge is 0.148 e. The van der Waals surface area contributed by atoms with Gasteiger partial charge in [0.15, 0.2) is 0 Å². The first-order valence-electron chi connectivity index (χ1n) is 5.28. The Balaban J connectivity index is 2.45. The normalized spacial score (nSPS) is 26.0. The lowest BCUT2D eigenvalue weighted by atomic mass is 9.90. The SMILES string of the molecule is CC(C)C(C)C(=O)C1CCCCS1. The number of Topliss-reactive ketones (excluding diaryl/α,β-unsaturated/α-hetero) is 1. The second kappa shape index (κ2) is 5.04. The largest absolute Gasteiger partial charge is 0.298 e. The van der Waals surface area contributed by atoms with Gasteiger partial charge in [-0.3, -0.25) is 4.79 Å². The number of hydrogen-bond acceptors (Lipinski definition) is 2. The van der Waals surface area contributed by atoms with Crippen LogP contribution in [0.2, 0.25) is 0 Å². The Bertz CT molecular complexity index is 171. The zero-order valence-electron chi connectivity index (χ0n) is 8.88. The maximum atomic E-state index is 11.9. The molecule has 1 nitrogen and oxygen atoms in total. The molecule has 1 aliphatic heterocycles. The number of ketones is 1. The molecule has 1 aliphatic rings. The molecule has 1 heterocycles. The van der Waals surface area contributed by atoms with Crippen molar-refractivity contribution in [2.75, 3.05) is 5.75 Å². The lowest BCUT2D eigenvalue weighted by Crippen LogP contribution is -2.29. The van der Waals surface area contributed by atoms with Crippen LogP contribution >= 0.6 is 11.8 Å². The topological polar surface area (TPSA) is 17.1 Å². The van der Waals surface area contributed by atoms with Gasteiger partial charge in [-0.1, -0.05) is 27.2 Å². The molecule has 0 aromatic rings. The van der Waals surface area contributed by atoms with E-state index in [2.05, 4.69) is 20.8 Å². The van der Waals surface area contributed by atoms with Crippen LogP contribution in [0.3, 0.4) is 0 Å². The number of rotatable bonds is 3. The van der Waals surface area contributed by atoms with E-state index in [1.54, 1.807) is 0 Å². The van der Waals surface area contributed by atoms with E-state index in [0.717, 1.165) is 6.42 Å². The van der Waals surface area contributed by atoms with Gasteiger partial charge < -0.3 is 0 Å². The minimum Gasteiger partial charge on any atom is -0.298 e. The van der Waals surface area contributed by atoms with Gasteiger partial charge >= 0.3 is 0 Å². The molecule has 2 atom stereocenters. The quantitative estimate of drug-likeness (QED) is 0.696. The molecule has 76 valence electrons. The van der Waals surface area contributed by atoms with E-state index in [-0.39, 0.29) is 5.92 Å². The Kier molecular flexibility index (Phi) is 4.30. The Morgan fingerprint density at radius 3 is 2.46 bits per heavy atom. The summed E-state index contributed by atoms with van der Waals surface area (Å²) < 4.78 is 0. The van der Waals surface area contributed by atoms with Gasteiger partial charge in [-0.2, -0.15) is 11.8 Å². The van der Waals surface area contributed by atoms with E-state index in [4.69, 9.17) is 0 Å². The maximum absolute atomic E-state index is 11.9. The van der Waals surface area contributed by atoms with Crippen molar-refractivity contribution in [2.24, 2.45) is 11.8 Å². The molecule has 13 heavy (non-hydrogen) atoms. The van der Waals surface area contributed by atoms with Gasteiger partial charge in [-0.15, -0.1) is 0 Å². The Morgan fingerprint density at radius 2 is 2.00 bits per heavy atom. The van der Waals surface area contributed by atoms with Gasteiger partial charge in [0.05, 0.1) is 5.25 Å². The molecule has 0 bridgehead atoms. The zero-order chi connectivity index (χ0) is 9.84. The molecule has 0 N–H and O–H groups in total. The molecule has 0 amide bonds. The van der Waals surface area contributed by atoms with Crippen LogP contribution in [-0.4, -0.2) is 16.8 Å². The van der Waals surface area contributed by atoms with E-state index in [1.165, 1.54) is 18.6 Å². The van der Waals surface area contributed by atoms with Crippen molar-refractivity contribution in [2.45, 2.75) is 45.3 Å². The van der Waals surface area contributed by atoms with Crippen molar-refractivity contribution in [3.05, 3.63) is 0 Å². The molecule has 0 aliphatic carbocycles. The summed E-state index contributed by atoms with van der Waals surface area (Å²) in [6, 6.07) is 0. The second-order valence-electron chi connectivity index (χ2n) is 4.29. The highest BCUT2D eigenvalue weighted by atomic mass is 32.2. The molecular weight excluding hydrogens is 180 g/mol. The van der Waals surface area contributed by atoms with Crippen molar-refractivity contribution in [3.8, 4) is 0 Å². The van der Waals surface area contributed by atoms with E-state index < -0.39 is 0 Å². The fourth-order valence-electron chi connectivity index (χ4n) is 1.59. The summed E-state index contributed by atoms with van der Waals surface area (Å²) in [6.07, 6.45) is 3.65. The van der Waals surface area contributed by atoms with Crippen LogP contribution < -0.4 is 0 Å². The molecule has 0 aromatic heterocycles. The van der Waals surface area contributed by atoms with E-state index >= 15 is 0 Å². The first-order valence-corrected chi connectivity index (χ1v) is 6.33. The minimum atomic E-state index is 0.246. The van der Waals surface area contributed by atoms with Gasteiger partial charge in [0, 0.05) is 5.92 Å². The zero-order valence-corrected chi connectivity index (χ0v) is 9.69. The predicted molar refractivity (Wildman–Crippen MR) is 59.1 cm³/mol. The van der Waals surface area contributed by atoms with Gasteiger partial charge in [0.2, 0.25) is 0 Å². The predicted octanol–water partition coefficient (Wildman–Crippen LogP) is 3.13. The molecule has 1 fully saturated rings. The average molecular weight is 200 g/mol. The molecule has 0 aromatic carbocycles. The van der Waals surface area contributed by atoms with Crippen molar-refractivity contribution >= 4 is 17.5 Å². The van der Waals surface area contributed by atoms with Crippen LogP contribution in [-0.2, 0) is 4.79 Å². The van der Waals surface area contributed by atoms with E-state index in [9.17, 15) is 4.79 Å². The summed E-state index contributed by atoms with van der Waals surface area (Å²) in [7, 11) is 0. The van der Waals surface area contributed by atoms with Gasteiger partial charge in [-0.25, -0.2) is 0 Å². The number of carbonyl (C=O) groups excluding carboxylic acids is 1. The van der Waals surface area contributed by atoms with E-state index in [1.807, 2.05) is 11.8 Å². The van der Waals surface area contributed by atoms with Gasteiger partial charge in [-0.05, 0) is 24.5 Å². The molecule has 0 saturated carbocycles. The Labute approximate surface area is 85.7 Å². The monoisotopic (exact) mass is 200 g/mol.